The first-order chi connectivity index (χ1) is 9.10. The van der Waals surface area contributed by atoms with Gasteiger partial charge in [-0.25, -0.2) is 0 Å². The van der Waals surface area contributed by atoms with Crippen LogP contribution in [0.4, 0.5) is 0 Å². The number of nitrogens with one attached hydrogen (secondary N) is 1. The number of rotatable bonds is 7. The topological polar surface area (TPSA) is 50.7 Å². The molecule has 0 aromatic heterocycles. The van der Waals surface area contributed by atoms with Crippen LogP contribution in [0.5, 0.6) is 11.5 Å². The van der Waals surface area contributed by atoms with Crippen molar-refractivity contribution in [3.05, 3.63) is 21.1 Å². The normalized spacial score (nSPS) is 16.2. The van der Waals surface area contributed by atoms with Crippen LogP contribution in [-0.2, 0) is 0 Å². The lowest BCUT2D eigenvalue weighted by Gasteiger charge is -2.15. The van der Waals surface area contributed by atoms with Crippen molar-refractivity contribution in [1.29, 1.82) is 0 Å². The van der Waals surface area contributed by atoms with Crippen LogP contribution < -0.4 is 14.8 Å². The molecule has 1 atom stereocenters. The van der Waals surface area contributed by atoms with Gasteiger partial charge in [-0.1, -0.05) is 0 Å². The number of hydrogen-bond donors (Lipinski definition) is 2. The molecule has 19 heavy (non-hydrogen) atoms. The molecule has 4 nitrogen and oxygen atoms in total. The Bertz CT molecular complexity index is 438. The van der Waals surface area contributed by atoms with E-state index in [0.717, 1.165) is 14.7 Å². The Kier molecular flexibility index (Phi) is 5.50. The maximum atomic E-state index is 9.81. The molecular formula is C13H17Br2NO3. The summed E-state index contributed by atoms with van der Waals surface area (Å²) >= 11 is 6.83. The van der Waals surface area contributed by atoms with E-state index in [1.807, 2.05) is 12.1 Å². The van der Waals surface area contributed by atoms with Crippen LogP contribution in [0.15, 0.2) is 21.1 Å². The van der Waals surface area contributed by atoms with Crippen molar-refractivity contribution >= 4 is 31.9 Å². The van der Waals surface area contributed by atoms with E-state index in [9.17, 15) is 5.11 Å². The van der Waals surface area contributed by atoms with E-state index in [0.29, 0.717) is 18.3 Å². The van der Waals surface area contributed by atoms with E-state index in [4.69, 9.17) is 9.47 Å². The van der Waals surface area contributed by atoms with Crippen molar-refractivity contribution < 1.29 is 14.6 Å². The van der Waals surface area contributed by atoms with Gasteiger partial charge >= 0.3 is 0 Å². The zero-order chi connectivity index (χ0) is 13.8. The minimum Gasteiger partial charge on any atom is -0.496 e. The van der Waals surface area contributed by atoms with Crippen molar-refractivity contribution in [2.45, 2.75) is 25.0 Å². The average Bonchev–Trinajstić information content (AvgIpc) is 3.21. The fourth-order valence-corrected chi connectivity index (χ4v) is 2.53. The molecule has 2 N–H and O–H groups in total. The monoisotopic (exact) mass is 393 g/mol. The van der Waals surface area contributed by atoms with E-state index in [-0.39, 0.29) is 6.61 Å². The van der Waals surface area contributed by atoms with Crippen LogP contribution >= 0.6 is 31.9 Å². The Hall–Kier alpha value is -0.300. The van der Waals surface area contributed by atoms with Gasteiger partial charge in [0.2, 0.25) is 0 Å². The Morgan fingerprint density at radius 1 is 1.32 bits per heavy atom. The maximum Gasteiger partial charge on any atom is 0.135 e. The molecule has 1 fully saturated rings. The van der Waals surface area contributed by atoms with Crippen molar-refractivity contribution in [3.8, 4) is 11.5 Å². The van der Waals surface area contributed by atoms with Gasteiger partial charge in [0, 0.05) is 12.6 Å². The van der Waals surface area contributed by atoms with Gasteiger partial charge in [-0.3, -0.25) is 0 Å². The highest BCUT2D eigenvalue weighted by molar-refractivity contribution is 9.11. The van der Waals surface area contributed by atoms with Crippen LogP contribution in [0, 0.1) is 0 Å². The Morgan fingerprint density at radius 3 is 2.58 bits per heavy atom. The second kappa shape index (κ2) is 6.92. The van der Waals surface area contributed by atoms with Crippen LogP contribution in [0.2, 0.25) is 0 Å². The van der Waals surface area contributed by atoms with E-state index in [1.54, 1.807) is 7.11 Å². The maximum absolute atomic E-state index is 9.81. The molecule has 1 aromatic carbocycles. The summed E-state index contributed by atoms with van der Waals surface area (Å²) < 4.78 is 12.4. The lowest BCUT2D eigenvalue weighted by atomic mass is 10.3. The van der Waals surface area contributed by atoms with Crippen LogP contribution in [0.1, 0.15) is 12.8 Å². The molecule has 0 aliphatic heterocycles. The molecule has 1 aliphatic rings. The first-order valence-corrected chi connectivity index (χ1v) is 7.76. The minimum absolute atomic E-state index is 0.261. The molecule has 6 heteroatoms. The van der Waals surface area contributed by atoms with Gasteiger partial charge in [0.25, 0.3) is 0 Å². The highest BCUT2D eigenvalue weighted by Crippen LogP contribution is 2.36. The number of benzene rings is 1. The smallest absolute Gasteiger partial charge is 0.135 e. The first-order valence-electron chi connectivity index (χ1n) is 6.17. The molecule has 106 valence electrons. The third-order valence-corrected chi connectivity index (χ3v) is 4.10. The van der Waals surface area contributed by atoms with Crippen molar-refractivity contribution in [3.63, 3.8) is 0 Å². The number of aliphatic hydroxyl groups is 1. The third kappa shape index (κ3) is 4.63. The molecule has 0 radical (unpaired) electrons. The minimum atomic E-state index is -0.506. The Balaban J connectivity index is 1.85. The highest BCUT2D eigenvalue weighted by atomic mass is 79.9. The molecule has 0 spiro atoms. The van der Waals surface area contributed by atoms with Gasteiger partial charge < -0.3 is 19.9 Å². The van der Waals surface area contributed by atoms with Gasteiger partial charge in [-0.15, -0.1) is 0 Å². The molecule has 1 aromatic rings. The van der Waals surface area contributed by atoms with Crippen LogP contribution in [0.3, 0.4) is 0 Å². The SMILES string of the molecule is COc1cc(Br)c(OCC(O)CNC2CC2)cc1Br. The Morgan fingerprint density at radius 2 is 1.95 bits per heavy atom. The third-order valence-electron chi connectivity index (χ3n) is 2.86. The van der Waals surface area contributed by atoms with Crippen molar-refractivity contribution in [1.82, 2.24) is 5.32 Å². The molecule has 0 bridgehead atoms. The Labute approximate surface area is 129 Å². The zero-order valence-electron chi connectivity index (χ0n) is 10.7. The predicted molar refractivity (Wildman–Crippen MR) is 80.9 cm³/mol. The number of hydrogen-bond acceptors (Lipinski definition) is 4. The standard InChI is InChI=1S/C13H17Br2NO3/c1-18-12-4-11(15)13(5-10(12)14)19-7-9(17)6-16-8-2-3-8/h4-5,8-9,16-17H,2-3,6-7H2,1H3. The predicted octanol–water partition coefficient (Wildman–Crippen LogP) is 2.71. The van der Waals surface area contributed by atoms with Gasteiger partial charge in [0.05, 0.1) is 16.1 Å². The summed E-state index contributed by atoms with van der Waals surface area (Å²) in [4.78, 5) is 0. The quantitative estimate of drug-likeness (QED) is 0.746. The summed E-state index contributed by atoms with van der Waals surface area (Å²) in [5.41, 5.74) is 0. The van der Waals surface area contributed by atoms with Crippen molar-refractivity contribution in [2.75, 3.05) is 20.3 Å². The van der Waals surface area contributed by atoms with Crippen LogP contribution in [-0.4, -0.2) is 37.5 Å². The molecule has 0 amide bonds. The number of aliphatic hydroxyl groups excluding tert-OH is 1. The lowest BCUT2D eigenvalue weighted by molar-refractivity contribution is 0.105. The van der Waals surface area contributed by atoms with E-state index >= 15 is 0 Å². The van der Waals surface area contributed by atoms with Gasteiger partial charge in [0.1, 0.15) is 24.2 Å². The second-order valence-electron chi connectivity index (χ2n) is 4.56. The molecular weight excluding hydrogens is 378 g/mol. The summed E-state index contributed by atoms with van der Waals surface area (Å²) in [5.74, 6) is 1.41. The van der Waals surface area contributed by atoms with Crippen molar-refractivity contribution in [2.24, 2.45) is 0 Å². The summed E-state index contributed by atoms with van der Waals surface area (Å²) in [7, 11) is 1.61. The van der Waals surface area contributed by atoms with E-state index < -0.39 is 6.10 Å². The molecule has 0 saturated heterocycles. The molecule has 0 heterocycles. The number of methoxy groups -OCH3 is 1. The largest absolute Gasteiger partial charge is 0.496 e. The lowest BCUT2D eigenvalue weighted by Crippen LogP contribution is -2.32. The summed E-state index contributed by atoms with van der Waals surface area (Å²) in [5, 5.41) is 13.1. The molecule has 1 aliphatic carbocycles. The first kappa shape index (κ1) is 15.1. The highest BCUT2D eigenvalue weighted by Gasteiger charge is 2.21. The number of halogens is 2. The molecule has 2 rings (SSSR count). The van der Waals surface area contributed by atoms with Gasteiger partial charge in [-0.2, -0.15) is 0 Å². The summed E-state index contributed by atoms with van der Waals surface area (Å²) in [6.45, 7) is 0.830. The fourth-order valence-electron chi connectivity index (χ4n) is 1.61. The summed E-state index contributed by atoms with van der Waals surface area (Å²) in [6.07, 6.45) is 1.92. The van der Waals surface area contributed by atoms with Gasteiger partial charge in [0.15, 0.2) is 0 Å². The summed E-state index contributed by atoms with van der Waals surface area (Å²) in [6, 6.07) is 4.24. The van der Waals surface area contributed by atoms with Crippen LogP contribution in [0.25, 0.3) is 0 Å². The second-order valence-corrected chi connectivity index (χ2v) is 6.27. The van der Waals surface area contributed by atoms with Gasteiger partial charge in [-0.05, 0) is 56.8 Å². The number of ether oxygens (including phenoxy) is 2. The zero-order valence-corrected chi connectivity index (χ0v) is 13.8. The van der Waals surface area contributed by atoms with E-state index in [2.05, 4.69) is 37.2 Å². The average molecular weight is 395 g/mol. The molecule has 1 unspecified atom stereocenters. The van der Waals surface area contributed by atoms with E-state index in [1.165, 1.54) is 12.8 Å². The fraction of sp³-hybridized carbons (Fsp3) is 0.538. The molecule has 1 saturated carbocycles.